The van der Waals surface area contributed by atoms with Crippen LogP contribution in [0.4, 0.5) is 0 Å². The second-order valence-electron chi connectivity index (χ2n) is 6.49. The number of likely N-dealkylation sites (tertiary alicyclic amines) is 1. The maximum atomic E-state index is 4.33. The van der Waals surface area contributed by atoms with Crippen molar-refractivity contribution in [2.75, 3.05) is 6.54 Å². The minimum atomic E-state index is 0.547. The van der Waals surface area contributed by atoms with Crippen LogP contribution in [0, 0.1) is 0 Å². The van der Waals surface area contributed by atoms with E-state index < -0.39 is 0 Å². The molecule has 4 rings (SSSR count). The van der Waals surface area contributed by atoms with Gasteiger partial charge in [0.1, 0.15) is 0 Å². The molecule has 0 aliphatic carbocycles. The highest BCUT2D eigenvalue weighted by Crippen LogP contribution is 2.34. The molecule has 3 aromatic rings. The number of aromatic amines is 1. The lowest BCUT2D eigenvalue weighted by molar-refractivity contribution is 0.195. The van der Waals surface area contributed by atoms with Crippen LogP contribution in [0.1, 0.15) is 42.2 Å². The molecule has 1 aliphatic heterocycles. The van der Waals surface area contributed by atoms with Gasteiger partial charge in [-0.3, -0.25) is 10.00 Å². The van der Waals surface area contributed by atoms with Crippen LogP contribution in [0.25, 0.3) is 11.3 Å². The molecule has 0 spiro atoms. The highest BCUT2D eigenvalue weighted by atomic mass is 32.1. The summed E-state index contributed by atoms with van der Waals surface area (Å²) < 4.78 is 0. The normalized spacial score (nSPS) is 19.2. The van der Waals surface area contributed by atoms with Crippen molar-refractivity contribution in [2.45, 2.75) is 38.3 Å². The summed E-state index contributed by atoms with van der Waals surface area (Å²) in [6, 6.07) is 15.5. The summed E-state index contributed by atoms with van der Waals surface area (Å²) in [7, 11) is 0. The molecular weight excluding hydrogens is 314 g/mol. The van der Waals surface area contributed by atoms with E-state index in [4.69, 9.17) is 0 Å². The standard InChI is InChI=1S/C20H23N3S/c1-3-8-16(9-4-1)20-17(14-21-22-20)15-23-12-6-2-5-10-18(23)19-11-7-13-24-19/h1,3-4,7-9,11,13-14,18H,2,5-6,10,12,15H2,(H,21,22)/t18-/m1/s1. The second-order valence-corrected chi connectivity index (χ2v) is 7.47. The lowest BCUT2D eigenvalue weighted by Crippen LogP contribution is -2.27. The molecule has 2 aromatic heterocycles. The van der Waals surface area contributed by atoms with Crippen molar-refractivity contribution in [3.05, 3.63) is 64.5 Å². The fourth-order valence-corrected chi connectivity index (χ4v) is 4.56. The van der Waals surface area contributed by atoms with Crippen LogP contribution in [-0.4, -0.2) is 21.6 Å². The molecule has 0 saturated carbocycles. The first-order chi connectivity index (χ1) is 11.9. The Morgan fingerprint density at radius 3 is 2.83 bits per heavy atom. The van der Waals surface area contributed by atoms with Gasteiger partial charge in [-0.25, -0.2) is 0 Å². The smallest absolute Gasteiger partial charge is 0.0695 e. The Bertz CT molecular complexity index is 748. The average molecular weight is 337 g/mol. The highest BCUT2D eigenvalue weighted by Gasteiger charge is 2.24. The van der Waals surface area contributed by atoms with Crippen molar-refractivity contribution < 1.29 is 0 Å². The number of aromatic nitrogens is 2. The van der Waals surface area contributed by atoms with Gasteiger partial charge in [-0.1, -0.05) is 49.2 Å². The van der Waals surface area contributed by atoms with Gasteiger partial charge in [0.15, 0.2) is 0 Å². The zero-order valence-corrected chi connectivity index (χ0v) is 14.6. The van der Waals surface area contributed by atoms with E-state index in [2.05, 4.69) is 62.9 Å². The van der Waals surface area contributed by atoms with Gasteiger partial charge in [0, 0.05) is 23.0 Å². The lowest BCUT2D eigenvalue weighted by Gasteiger charge is -2.29. The Morgan fingerprint density at radius 2 is 2.00 bits per heavy atom. The van der Waals surface area contributed by atoms with Crippen LogP contribution in [-0.2, 0) is 6.54 Å². The van der Waals surface area contributed by atoms with Crippen molar-refractivity contribution in [1.82, 2.24) is 15.1 Å². The largest absolute Gasteiger partial charge is 0.291 e. The molecule has 1 aromatic carbocycles. The molecule has 0 unspecified atom stereocenters. The molecule has 24 heavy (non-hydrogen) atoms. The molecule has 3 heterocycles. The van der Waals surface area contributed by atoms with Crippen LogP contribution in [0.5, 0.6) is 0 Å². The molecule has 1 fully saturated rings. The number of thiophene rings is 1. The summed E-state index contributed by atoms with van der Waals surface area (Å²) in [6.45, 7) is 2.13. The van der Waals surface area contributed by atoms with Crippen LogP contribution in [0.15, 0.2) is 54.0 Å². The first-order valence-electron chi connectivity index (χ1n) is 8.77. The Balaban J connectivity index is 1.60. The SMILES string of the molecule is c1ccc(-c2[nH]ncc2CN2CCCCC[C@@H]2c2cccs2)cc1. The summed E-state index contributed by atoms with van der Waals surface area (Å²) in [5.74, 6) is 0. The van der Waals surface area contributed by atoms with Crippen LogP contribution in [0.2, 0.25) is 0 Å². The van der Waals surface area contributed by atoms with Gasteiger partial charge in [0.25, 0.3) is 0 Å². The molecule has 1 atom stereocenters. The van der Waals surface area contributed by atoms with Gasteiger partial charge in [-0.05, 0) is 36.4 Å². The third-order valence-electron chi connectivity index (χ3n) is 4.89. The first kappa shape index (κ1) is 15.6. The molecule has 0 amide bonds. The van der Waals surface area contributed by atoms with Crippen LogP contribution in [0.3, 0.4) is 0 Å². The fraction of sp³-hybridized carbons (Fsp3) is 0.350. The van der Waals surface area contributed by atoms with Crippen molar-refractivity contribution in [1.29, 1.82) is 0 Å². The molecule has 1 N–H and O–H groups in total. The van der Waals surface area contributed by atoms with Gasteiger partial charge >= 0.3 is 0 Å². The van der Waals surface area contributed by atoms with Crippen molar-refractivity contribution in [3.8, 4) is 11.3 Å². The Hall–Kier alpha value is -1.91. The second kappa shape index (κ2) is 7.32. The molecular formula is C20H23N3S. The lowest BCUT2D eigenvalue weighted by atomic mass is 10.1. The predicted octanol–water partition coefficient (Wildman–Crippen LogP) is 5.26. The van der Waals surface area contributed by atoms with Gasteiger partial charge < -0.3 is 0 Å². The molecule has 1 aliphatic rings. The predicted molar refractivity (Wildman–Crippen MR) is 100.0 cm³/mol. The Labute approximate surface area is 147 Å². The van der Waals surface area contributed by atoms with E-state index in [9.17, 15) is 0 Å². The maximum absolute atomic E-state index is 4.33. The monoisotopic (exact) mass is 337 g/mol. The quantitative estimate of drug-likeness (QED) is 0.704. The molecule has 3 nitrogen and oxygen atoms in total. The summed E-state index contributed by atoms with van der Waals surface area (Å²) >= 11 is 1.89. The summed E-state index contributed by atoms with van der Waals surface area (Å²) in [6.07, 6.45) is 7.23. The number of H-pyrrole nitrogens is 1. The van der Waals surface area contributed by atoms with E-state index >= 15 is 0 Å². The molecule has 124 valence electrons. The van der Waals surface area contributed by atoms with Gasteiger partial charge in [-0.15, -0.1) is 11.3 Å². The zero-order valence-electron chi connectivity index (χ0n) is 13.8. The minimum Gasteiger partial charge on any atom is -0.291 e. The summed E-state index contributed by atoms with van der Waals surface area (Å²) in [5, 5.41) is 9.73. The molecule has 1 saturated heterocycles. The number of nitrogens with zero attached hydrogens (tertiary/aromatic N) is 2. The van der Waals surface area contributed by atoms with E-state index in [1.54, 1.807) is 0 Å². The Kier molecular flexibility index (Phi) is 4.76. The van der Waals surface area contributed by atoms with Crippen LogP contribution < -0.4 is 0 Å². The first-order valence-corrected chi connectivity index (χ1v) is 9.65. The summed E-state index contributed by atoms with van der Waals surface area (Å²) in [4.78, 5) is 4.15. The molecule has 0 bridgehead atoms. The number of hydrogen-bond donors (Lipinski definition) is 1. The van der Waals surface area contributed by atoms with Gasteiger partial charge in [0.2, 0.25) is 0 Å². The van der Waals surface area contributed by atoms with E-state index in [1.165, 1.54) is 48.2 Å². The van der Waals surface area contributed by atoms with E-state index in [-0.39, 0.29) is 0 Å². The van der Waals surface area contributed by atoms with Gasteiger partial charge in [0.05, 0.1) is 11.9 Å². The van der Waals surface area contributed by atoms with E-state index in [1.807, 2.05) is 17.5 Å². The third-order valence-corrected chi connectivity index (χ3v) is 5.86. The number of nitrogens with one attached hydrogen (secondary N) is 1. The average Bonchev–Trinajstić information content (AvgIpc) is 3.25. The van der Waals surface area contributed by atoms with E-state index in [0.29, 0.717) is 6.04 Å². The summed E-state index contributed by atoms with van der Waals surface area (Å²) in [5.41, 5.74) is 3.67. The van der Waals surface area contributed by atoms with E-state index in [0.717, 1.165) is 12.2 Å². The number of benzene rings is 1. The van der Waals surface area contributed by atoms with Crippen LogP contribution >= 0.6 is 11.3 Å². The van der Waals surface area contributed by atoms with Crippen molar-refractivity contribution >= 4 is 11.3 Å². The molecule has 0 radical (unpaired) electrons. The van der Waals surface area contributed by atoms with Crippen molar-refractivity contribution in [3.63, 3.8) is 0 Å². The fourth-order valence-electron chi connectivity index (χ4n) is 3.66. The highest BCUT2D eigenvalue weighted by molar-refractivity contribution is 7.10. The third kappa shape index (κ3) is 3.30. The van der Waals surface area contributed by atoms with Gasteiger partial charge in [-0.2, -0.15) is 5.10 Å². The number of hydrogen-bond acceptors (Lipinski definition) is 3. The van der Waals surface area contributed by atoms with Crippen molar-refractivity contribution in [2.24, 2.45) is 0 Å². The minimum absolute atomic E-state index is 0.547. The topological polar surface area (TPSA) is 31.9 Å². The zero-order chi connectivity index (χ0) is 16.2. The number of rotatable bonds is 4. The Morgan fingerprint density at radius 1 is 1.08 bits per heavy atom. The molecule has 4 heteroatoms. The maximum Gasteiger partial charge on any atom is 0.0695 e.